The molecule has 218 valence electrons. The van der Waals surface area contributed by atoms with Crippen molar-refractivity contribution in [2.24, 2.45) is 5.92 Å². The van der Waals surface area contributed by atoms with Crippen LogP contribution >= 0.6 is 0 Å². The lowest BCUT2D eigenvalue weighted by atomic mass is 9.83. The average Bonchev–Trinajstić information content (AvgIpc) is 3.52. The molecule has 1 saturated heterocycles. The van der Waals surface area contributed by atoms with Gasteiger partial charge in [0.1, 0.15) is 6.10 Å². The van der Waals surface area contributed by atoms with Crippen molar-refractivity contribution in [1.82, 2.24) is 19.8 Å². The molecule has 1 amide bonds. The van der Waals surface area contributed by atoms with Gasteiger partial charge in [-0.05, 0) is 81.4 Å². The Morgan fingerprint density at radius 2 is 1.85 bits per heavy atom. The molecule has 3 aromatic rings. The number of hydrogen-bond acceptors (Lipinski definition) is 6. The molecule has 4 heterocycles. The van der Waals surface area contributed by atoms with E-state index in [-0.39, 0.29) is 17.9 Å². The first-order valence-electron chi connectivity index (χ1n) is 15.4. The zero-order chi connectivity index (χ0) is 27.8. The Balaban J connectivity index is 1.00. The number of rotatable bonds is 8. The van der Waals surface area contributed by atoms with Gasteiger partial charge in [-0.25, -0.2) is 4.79 Å². The predicted molar refractivity (Wildman–Crippen MR) is 155 cm³/mol. The molecule has 2 atom stereocenters. The number of likely N-dealkylation sites (tertiary alicyclic amines) is 1. The van der Waals surface area contributed by atoms with E-state index in [1.807, 2.05) is 34.9 Å². The van der Waals surface area contributed by atoms with Crippen LogP contribution in [0, 0.1) is 5.92 Å². The van der Waals surface area contributed by atoms with Crippen molar-refractivity contribution in [1.29, 1.82) is 0 Å². The fraction of sp³-hybridized carbons (Fsp3) is 0.562. The summed E-state index contributed by atoms with van der Waals surface area (Å²) in [7, 11) is 0. The number of fused-ring (bicyclic) bond motifs is 4. The molecule has 2 aromatic carbocycles. The summed E-state index contributed by atoms with van der Waals surface area (Å²) in [6.45, 7) is 4.18. The van der Waals surface area contributed by atoms with Gasteiger partial charge in [0.2, 0.25) is 6.41 Å². The van der Waals surface area contributed by atoms with Crippen LogP contribution in [0.1, 0.15) is 68.6 Å². The second-order valence-corrected chi connectivity index (χ2v) is 12.2. The Labute approximate surface area is 240 Å². The summed E-state index contributed by atoms with van der Waals surface area (Å²) in [6, 6.07) is 12.0. The predicted octanol–water partition coefficient (Wildman–Crippen LogP) is 4.29. The lowest BCUT2D eigenvalue weighted by Gasteiger charge is -2.40. The monoisotopic (exact) mass is 560 g/mol. The van der Waals surface area contributed by atoms with Crippen LogP contribution in [0.5, 0.6) is 11.5 Å². The molecule has 1 aromatic heterocycles. The Bertz CT molecular complexity index is 1450. The first kappa shape index (κ1) is 26.6. The first-order valence-corrected chi connectivity index (χ1v) is 15.4. The Kier molecular flexibility index (Phi) is 7.25. The second kappa shape index (κ2) is 11.2. The van der Waals surface area contributed by atoms with E-state index in [2.05, 4.69) is 21.3 Å². The van der Waals surface area contributed by atoms with Gasteiger partial charge >= 0.3 is 5.69 Å². The number of piperidine rings is 1. The number of aromatic nitrogens is 2. The maximum atomic E-state index is 12.4. The van der Waals surface area contributed by atoms with Crippen molar-refractivity contribution in [3.8, 4) is 11.5 Å². The van der Waals surface area contributed by atoms with E-state index in [0.717, 1.165) is 106 Å². The number of nitrogens with one attached hydrogen (secondary N) is 2. The van der Waals surface area contributed by atoms with E-state index in [4.69, 9.17) is 14.2 Å². The van der Waals surface area contributed by atoms with Crippen LogP contribution in [0.2, 0.25) is 0 Å². The molecular weight excluding hydrogens is 520 g/mol. The number of nitrogens with zero attached hydrogens (tertiary/aromatic N) is 2. The van der Waals surface area contributed by atoms with Crippen LogP contribution in [-0.4, -0.2) is 58.9 Å². The van der Waals surface area contributed by atoms with Crippen LogP contribution < -0.4 is 20.5 Å². The number of aromatic amines is 1. The highest BCUT2D eigenvalue weighted by Gasteiger charge is 2.46. The number of carbonyl (C=O) groups is 1. The van der Waals surface area contributed by atoms with Crippen LogP contribution in [-0.2, 0) is 22.5 Å². The lowest BCUT2D eigenvalue weighted by Crippen LogP contribution is -2.43. The summed E-state index contributed by atoms with van der Waals surface area (Å²) in [5, 5.41) is 2.85. The molecule has 2 N–H and O–H groups in total. The molecule has 2 fully saturated rings. The van der Waals surface area contributed by atoms with E-state index in [0.29, 0.717) is 19.0 Å². The minimum absolute atomic E-state index is 0.0338. The van der Waals surface area contributed by atoms with Gasteiger partial charge in [-0.3, -0.25) is 9.36 Å². The first-order chi connectivity index (χ1) is 20.1. The highest BCUT2D eigenvalue weighted by Crippen LogP contribution is 2.51. The van der Waals surface area contributed by atoms with E-state index >= 15 is 0 Å². The average molecular weight is 561 g/mol. The molecule has 1 saturated carbocycles. The number of amides is 1. The SMILES string of the molecule is O=CNC[C@H]1O[C@@H](C2CCN(CCCn3c(=O)[nH]c4ccccc43)CC2)Cc2c1ccc1c2OC2(CCCCC2)O1. The molecule has 3 aliphatic heterocycles. The van der Waals surface area contributed by atoms with Gasteiger partial charge < -0.3 is 29.4 Å². The van der Waals surface area contributed by atoms with E-state index < -0.39 is 5.79 Å². The van der Waals surface area contributed by atoms with Gasteiger partial charge in [-0.2, -0.15) is 0 Å². The van der Waals surface area contributed by atoms with Crippen LogP contribution in [0.4, 0.5) is 0 Å². The highest BCUT2D eigenvalue weighted by atomic mass is 16.7. The van der Waals surface area contributed by atoms with Crippen molar-refractivity contribution in [2.45, 2.75) is 82.3 Å². The number of aryl methyl sites for hydroxylation is 1. The molecular formula is C32H40N4O5. The van der Waals surface area contributed by atoms with Crippen LogP contribution in [0.3, 0.4) is 0 Å². The lowest BCUT2D eigenvalue weighted by molar-refractivity contribution is -0.111. The van der Waals surface area contributed by atoms with Crippen LogP contribution in [0.15, 0.2) is 41.2 Å². The van der Waals surface area contributed by atoms with Gasteiger partial charge in [0.05, 0.1) is 17.1 Å². The molecule has 9 heteroatoms. The zero-order valence-electron chi connectivity index (χ0n) is 23.6. The van der Waals surface area contributed by atoms with Gasteiger partial charge in [0.25, 0.3) is 5.79 Å². The van der Waals surface area contributed by atoms with E-state index in [1.165, 1.54) is 12.0 Å². The number of ether oxygens (including phenoxy) is 3. The number of hydrogen-bond donors (Lipinski definition) is 2. The van der Waals surface area contributed by atoms with Crippen molar-refractivity contribution in [3.05, 3.63) is 58.0 Å². The van der Waals surface area contributed by atoms with Crippen molar-refractivity contribution < 1.29 is 19.0 Å². The molecule has 0 unspecified atom stereocenters. The smallest absolute Gasteiger partial charge is 0.326 e. The van der Waals surface area contributed by atoms with Crippen LogP contribution in [0.25, 0.3) is 11.0 Å². The minimum Gasteiger partial charge on any atom is -0.448 e. The number of para-hydroxylation sites is 2. The van der Waals surface area contributed by atoms with Gasteiger partial charge in [0, 0.05) is 37.9 Å². The fourth-order valence-corrected chi connectivity index (χ4v) is 7.48. The molecule has 1 aliphatic carbocycles. The normalized spacial score (nSPS) is 24.0. The maximum absolute atomic E-state index is 12.4. The van der Waals surface area contributed by atoms with Crippen molar-refractivity contribution in [2.75, 3.05) is 26.2 Å². The quantitative estimate of drug-likeness (QED) is 0.399. The summed E-state index contributed by atoms with van der Waals surface area (Å²) in [6.07, 6.45) is 9.86. The maximum Gasteiger partial charge on any atom is 0.326 e. The van der Waals surface area contributed by atoms with Crippen molar-refractivity contribution >= 4 is 17.4 Å². The number of benzene rings is 2. The molecule has 41 heavy (non-hydrogen) atoms. The third kappa shape index (κ3) is 5.14. The van der Waals surface area contributed by atoms with E-state index in [1.54, 1.807) is 0 Å². The molecule has 4 aliphatic rings. The number of imidazole rings is 1. The van der Waals surface area contributed by atoms with Crippen molar-refractivity contribution in [3.63, 3.8) is 0 Å². The van der Waals surface area contributed by atoms with Gasteiger partial charge in [-0.1, -0.05) is 24.6 Å². The Hall–Kier alpha value is -3.30. The van der Waals surface area contributed by atoms with Gasteiger partial charge in [0.15, 0.2) is 11.5 Å². The number of H-pyrrole nitrogens is 1. The summed E-state index contributed by atoms with van der Waals surface area (Å²) in [4.78, 5) is 29.1. The fourth-order valence-electron chi connectivity index (χ4n) is 7.48. The molecule has 9 nitrogen and oxygen atoms in total. The molecule has 0 bridgehead atoms. The summed E-state index contributed by atoms with van der Waals surface area (Å²) in [5.41, 5.74) is 4.14. The summed E-state index contributed by atoms with van der Waals surface area (Å²) < 4.78 is 21.6. The second-order valence-electron chi connectivity index (χ2n) is 12.2. The third-order valence-electron chi connectivity index (χ3n) is 9.63. The zero-order valence-corrected chi connectivity index (χ0v) is 23.6. The standard InChI is InChI=1S/C32H40N4O5/c37-21-33-20-29-23-9-10-27-30(41-32(40-27)13-4-1-5-14-32)24(23)19-28(39-29)22-11-17-35(18-12-22)15-6-16-36-26-8-3-2-7-25(26)34-31(36)38/h2-3,7-10,21-22,28-29H,1,4-6,11-20H2,(H,33,37)(H,34,38)/t28-,29-/m1/s1. The van der Waals surface area contributed by atoms with Gasteiger partial charge in [-0.15, -0.1) is 0 Å². The highest BCUT2D eigenvalue weighted by molar-refractivity contribution is 5.74. The molecule has 0 radical (unpaired) electrons. The minimum atomic E-state index is -0.511. The summed E-state index contributed by atoms with van der Waals surface area (Å²) >= 11 is 0. The topological polar surface area (TPSA) is 97.8 Å². The Morgan fingerprint density at radius 1 is 1.02 bits per heavy atom. The largest absolute Gasteiger partial charge is 0.448 e. The summed E-state index contributed by atoms with van der Waals surface area (Å²) in [5.74, 6) is 1.69. The Morgan fingerprint density at radius 3 is 2.68 bits per heavy atom. The van der Waals surface area contributed by atoms with E-state index in [9.17, 15) is 9.59 Å². The molecule has 7 rings (SSSR count). The molecule has 1 spiro atoms. The number of carbonyl (C=O) groups excluding carboxylic acids is 1. The third-order valence-corrected chi connectivity index (χ3v) is 9.63.